The smallest absolute Gasteiger partial charge is 0.306 e. The maximum atomic E-state index is 11.6. The molecule has 3 nitrogen and oxygen atoms in total. The van der Waals surface area contributed by atoms with Gasteiger partial charge in [0.25, 0.3) is 0 Å². The van der Waals surface area contributed by atoms with Gasteiger partial charge in [-0.15, -0.1) is 0 Å². The van der Waals surface area contributed by atoms with Crippen molar-refractivity contribution in [3.63, 3.8) is 0 Å². The van der Waals surface area contributed by atoms with Gasteiger partial charge in [-0.2, -0.15) is 0 Å². The Morgan fingerprint density at radius 1 is 1.32 bits per heavy atom. The van der Waals surface area contributed by atoms with Gasteiger partial charge < -0.3 is 10.0 Å². The first kappa shape index (κ1) is 12.7. The van der Waals surface area contributed by atoms with E-state index in [-0.39, 0.29) is 11.8 Å². The number of carboxylic acid groups (broad SMARTS) is 1. The molecule has 2 saturated heterocycles. The third kappa shape index (κ3) is 2.27. The molecule has 1 aromatic rings. The molecule has 0 radical (unpaired) electrons. The first-order chi connectivity index (χ1) is 9.16. The predicted octanol–water partition coefficient (Wildman–Crippen LogP) is 2.41. The van der Waals surface area contributed by atoms with Crippen LogP contribution in [0.5, 0.6) is 0 Å². The van der Waals surface area contributed by atoms with Crippen LogP contribution in [-0.4, -0.2) is 35.1 Å². The van der Waals surface area contributed by atoms with Crippen LogP contribution in [0.3, 0.4) is 0 Å². The monoisotopic (exact) mass is 259 g/mol. The number of piperidine rings is 1. The third-order valence-corrected chi connectivity index (χ3v) is 5.06. The fraction of sp³-hybridized carbons (Fsp3) is 0.562. The Bertz CT molecular complexity index is 459. The zero-order valence-corrected chi connectivity index (χ0v) is 11.3. The summed E-state index contributed by atoms with van der Waals surface area (Å²) in [6, 6.07) is 11.2. The highest BCUT2D eigenvalue weighted by Crippen LogP contribution is 2.42. The average molecular weight is 259 g/mol. The van der Waals surface area contributed by atoms with Crippen molar-refractivity contribution in [3.8, 4) is 0 Å². The largest absolute Gasteiger partial charge is 0.481 e. The molecule has 19 heavy (non-hydrogen) atoms. The van der Waals surface area contributed by atoms with Gasteiger partial charge in [0.2, 0.25) is 0 Å². The molecule has 0 amide bonds. The molecule has 0 aliphatic carbocycles. The summed E-state index contributed by atoms with van der Waals surface area (Å²) in [7, 11) is 2.17. The van der Waals surface area contributed by atoms with E-state index >= 15 is 0 Å². The number of fused-ring (bicyclic) bond motifs is 2. The second kappa shape index (κ2) is 4.97. The molecule has 2 fully saturated rings. The van der Waals surface area contributed by atoms with Crippen LogP contribution in [0.2, 0.25) is 0 Å². The van der Waals surface area contributed by atoms with E-state index in [0.717, 1.165) is 25.7 Å². The number of aliphatic carboxylic acids is 1. The van der Waals surface area contributed by atoms with Gasteiger partial charge >= 0.3 is 5.97 Å². The molecule has 4 atom stereocenters. The quantitative estimate of drug-likeness (QED) is 0.906. The van der Waals surface area contributed by atoms with E-state index in [4.69, 9.17) is 0 Å². The van der Waals surface area contributed by atoms with Crippen molar-refractivity contribution in [1.82, 2.24) is 4.90 Å². The van der Waals surface area contributed by atoms with Crippen molar-refractivity contribution < 1.29 is 9.90 Å². The van der Waals surface area contributed by atoms with Gasteiger partial charge in [0.1, 0.15) is 0 Å². The summed E-state index contributed by atoms with van der Waals surface area (Å²) >= 11 is 0. The Labute approximate surface area is 114 Å². The van der Waals surface area contributed by atoms with Crippen LogP contribution in [0.15, 0.2) is 30.3 Å². The maximum Gasteiger partial charge on any atom is 0.306 e. The molecule has 0 spiro atoms. The number of carboxylic acids is 1. The molecule has 3 heteroatoms. The van der Waals surface area contributed by atoms with Crippen LogP contribution >= 0.6 is 0 Å². The minimum Gasteiger partial charge on any atom is -0.481 e. The molecule has 1 aromatic carbocycles. The molecule has 3 rings (SSSR count). The van der Waals surface area contributed by atoms with Crippen LogP contribution in [0.1, 0.15) is 24.8 Å². The van der Waals surface area contributed by atoms with Crippen molar-refractivity contribution in [2.45, 2.75) is 37.8 Å². The van der Waals surface area contributed by atoms with E-state index in [1.54, 1.807) is 0 Å². The summed E-state index contributed by atoms with van der Waals surface area (Å²) in [5, 5.41) is 9.52. The van der Waals surface area contributed by atoms with Crippen molar-refractivity contribution in [3.05, 3.63) is 35.9 Å². The molecule has 0 aromatic heterocycles. The maximum absolute atomic E-state index is 11.6. The standard InChI is InChI=1S/C16H21NO2/c1-17-12-7-8-15(17)13(14(10-12)16(18)19)9-11-5-3-2-4-6-11/h2-6,12-15H,7-10H2,1H3,(H,18,19)/t12-,13-,14+,15+/m0/s1. The number of rotatable bonds is 3. The fourth-order valence-corrected chi connectivity index (χ4v) is 4.03. The van der Waals surface area contributed by atoms with Crippen LogP contribution in [0.4, 0.5) is 0 Å². The molecular weight excluding hydrogens is 238 g/mol. The lowest BCUT2D eigenvalue weighted by molar-refractivity contribution is -0.147. The average Bonchev–Trinajstić information content (AvgIpc) is 2.65. The van der Waals surface area contributed by atoms with E-state index in [1.807, 2.05) is 18.2 Å². The predicted molar refractivity (Wildman–Crippen MR) is 74.0 cm³/mol. The first-order valence-electron chi connectivity index (χ1n) is 7.15. The molecule has 2 heterocycles. The van der Waals surface area contributed by atoms with E-state index in [9.17, 15) is 9.90 Å². The van der Waals surface area contributed by atoms with E-state index < -0.39 is 5.97 Å². The number of nitrogens with zero attached hydrogens (tertiary/aromatic N) is 1. The molecular formula is C16H21NO2. The molecule has 1 N–H and O–H groups in total. The summed E-state index contributed by atoms with van der Waals surface area (Å²) in [6.45, 7) is 0. The summed E-state index contributed by atoms with van der Waals surface area (Å²) in [5.41, 5.74) is 1.26. The Morgan fingerprint density at radius 3 is 2.74 bits per heavy atom. The second-order valence-electron chi connectivity index (χ2n) is 6.00. The fourth-order valence-electron chi connectivity index (χ4n) is 4.03. The van der Waals surface area contributed by atoms with Crippen molar-refractivity contribution in [2.24, 2.45) is 11.8 Å². The van der Waals surface area contributed by atoms with Crippen LogP contribution in [-0.2, 0) is 11.2 Å². The molecule has 2 aliphatic heterocycles. The van der Waals surface area contributed by atoms with Crippen molar-refractivity contribution in [2.75, 3.05) is 7.05 Å². The van der Waals surface area contributed by atoms with Gasteiger partial charge in [-0.3, -0.25) is 4.79 Å². The number of carbonyl (C=O) groups is 1. The number of benzene rings is 1. The van der Waals surface area contributed by atoms with Crippen LogP contribution < -0.4 is 0 Å². The lowest BCUT2D eigenvalue weighted by Crippen LogP contribution is -2.49. The zero-order valence-electron chi connectivity index (χ0n) is 11.3. The van der Waals surface area contributed by atoms with Crippen molar-refractivity contribution >= 4 is 5.97 Å². The highest BCUT2D eigenvalue weighted by molar-refractivity contribution is 5.71. The topological polar surface area (TPSA) is 40.5 Å². The van der Waals surface area contributed by atoms with Gasteiger partial charge in [-0.05, 0) is 44.2 Å². The summed E-state index contributed by atoms with van der Waals surface area (Å²) in [6.07, 6.45) is 4.03. The Kier molecular flexibility index (Phi) is 3.31. The van der Waals surface area contributed by atoms with Crippen LogP contribution in [0.25, 0.3) is 0 Å². The SMILES string of the molecule is CN1[C@H]2CC[C@@H]1[C@@H](Cc1ccccc1)[C@H](C(=O)O)C2. The molecule has 102 valence electrons. The molecule has 2 bridgehead atoms. The summed E-state index contributed by atoms with van der Waals surface area (Å²) < 4.78 is 0. The Balaban J connectivity index is 1.84. The summed E-state index contributed by atoms with van der Waals surface area (Å²) in [5.74, 6) is -0.525. The zero-order chi connectivity index (χ0) is 13.4. The summed E-state index contributed by atoms with van der Waals surface area (Å²) in [4.78, 5) is 14.0. The second-order valence-corrected chi connectivity index (χ2v) is 6.00. The third-order valence-electron chi connectivity index (χ3n) is 5.06. The van der Waals surface area contributed by atoms with Gasteiger partial charge in [0, 0.05) is 12.1 Å². The van der Waals surface area contributed by atoms with Crippen LogP contribution in [0, 0.1) is 11.8 Å². The van der Waals surface area contributed by atoms with Gasteiger partial charge in [-0.1, -0.05) is 30.3 Å². The molecule has 0 unspecified atom stereocenters. The molecule has 2 aliphatic rings. The van der Waals surface area contributed by atoms with E-state index in [0.29, 0.717) is 12.1 Å². The van der Waals surface area contributed by atoms with Crippen molar-refractivity contribution in [1.29, 1.82) is 0 Å². The van der Waals surface area contributed by atoms with Gasteiger partial charge in [-0.25, -0.2) is 0 Å². The van der Waals surface area contributed by atoms with E-state index in [1.165, 1.54) is 5.56 Å². The first-order valence-corrected chi connectivity index (χ1v) is 7.15. The molecule has 0 saturated carbocycles. The van der Waals surface area contributed by atoms with E-state index in [2.05, 4.69) is 24.1 Å². The normalized spacial score (nSPS) is 34.4. The Hall–Kier alpha value is -1.35. The van der Waals surface area contributed by atoms with Gasteiger partial charge in [0.05, 0.1) is 5.92 Å². The lowest BCUT2D eigenvalue weighted by Gasteiger charge is -2.41. The number of hydrogen-bond donors (Lipinski definition) is 1. The minimum atomic E-state index is -0.606. The Morgan fingerprint density at radius 2 is 2.05 bits per heavy atom. The highest BCUT2D eigenvalue weighted by Gasteiger charge is 2.47. The lowest BCUT2D eigenvalue weighted by atomic mass is 9.77. The van der Waals surface area contributed by atoms with Gasteiger partial charge in [0.15, 0.2) is 0 Å². The highest BCUT2D eigenvalue weighted by atomic mass is 16.4. The minimum absolute atomic E-state index is 0.172. The number of hydrogen-bond acceptors (Lipinski definition) is 2.